The fourth-order valence-corrected chi connectivity index (χ4v) is 3.27. The van der Waals surface area contributed by atoms with E-state index in [1.54, 1.807) is 0 Å². The van der Waals surface area contributed by atoms with Gasteiger partial charge in [0, 0.05) is 6.10 Å². The fraction of sp³-hybridized carbons (Fsp3) is 1.00. The molecule has 0 aromatic carbocycles. The third-order valence-electron chi connectivity index (χ3n) is 3.41. The lowest BCUT2D eigenvalue weighted by molar-refractivity contribution is 0.175. The van der Waals surface area contributed by atoms with E-state index in [2.05, 4.69) is 26.9 Å². The predicted octanol–water partition coefficient (Wildman–Crippen LogP) is 5.95. The van der Waals surface area contributed by atoms with E-state index < -0.39 is 9.04 Å². The lowest BCUT2D eigenvalue weighted by Crippen LogP contribution is -2.20. The van der Waals surface area contributed by atoms with E-state index in [0.717, 1.165) is 0 Å². The molecule has 18 heavy (non-hydrogen) atoms. The molecular weight excluding hydrogens is 236 g/mol. The van der Waals surface area contributed by atoms with Crippen LogP contribution in [-0.4, -0.2) is 15.1 Å². The molecule has 2 heteroatoms. The summed E-state index contributed by atoms with van der Waals surface area (Å²) in [7, 11) is -0.520. The van der Waals surface area contributed by atoms with E-state index in [-0.39, 0.29) is 0 Å². The van der Waals surface area contributed by atoms with Crippen molar-refractivity contribution in [1.29, 1.82) is 0 Å². The van der Waals surface area contributed by atoms with Crippen molar-refractivity contribution in [2.75, 3.05) is 0 Å². The predicted molar refractivity (Wildman–Crippen MR) is 84.5 cm³/mol. The van der Waals surface area contributed by atoms with Crippen LogP contribution in [0.5, 0.6) is 0 Å². The molecule has 0 aliphatic rings. The van der Waals surface area contributed by atoms with Crippen LogP contribution in [0.1, 0.15) is 84.5 Å². The summed E-state index contributed by atoms with van der Waals surface area (Å²) in [6, 6.07) is 0. The van der Waals surface area contributed by atoms with Crippen LogP contribution in [0.25, 0.3) is 0 Å². The molecule has 0 spiro atoms. The fourth-order valence-electron chi connectivity index (χ4n) is 2.37. The molecule has 109 valence electrons. The standard InChI is InChI=1S/C16H35OSi/c1-5-7-9-10-11-13-15-16(17-18(3)4)14-12-8-6-2/h16H,5-15H2,1-4H3. The third-order valence-corrected chi connectivity index (χ3v) is 4.22. The number of hydrogen-bond acceptors (Lipinski definition) is 1. The third kappa shape index (κ3) is 12.6. The molecule has 0 N–H and O–H groups in total. The molecule has 1 nitrogen and oxygen atoms in total. The Bertz CT molecular complexity index is 159. The van der Waals surface area contributed by atoms with Gasteiger partial charge in [0.15, 0.2) is 0 Å². The Hall–Kier alpha value is 0.177. The molecule has 0 heterocycles. The largest absolute Gasteiger partial charge is 0.414 e. The van der Waals surface area contributed by atoms with Crippen LogP contribution in [-0.2, 0) is 4.43 Å². The summed E-state index contributed by atoms with van der Waals surface area (Å²) in [5, 5.41) is 0. The second kappa shape index (κ2) is 13.6. The van der Waals surface area contributed by atoms with E-state index in [9.17, 15) is 0 Å². The zero-order valence-electron chi connectivity index (χ0n) is 13.3. The van der Waals surface area contributed by atoms with Gasteiger partial charge in [-0.25, -0.2) is 0 Å². The first-order valence-electron chi connectivity index (χ1n) is 8.17. The summed E-state index contributed by atoms with van der Waals surface area (Å²) in [5.41, 5.74) is 0. The quantitative estimate of drug-likeness (QED) is 0.297. The van der Waals surface area contributed by atoms with Gasteiger partial charge in [0.1, 0.15) is 0 Å². The van der Waals surface area contributed by atoms with Crippen LogP contribution in [0.15, 0.2) is 0 Å². The minimum Gasteiger partial charge on any atom is -0.414 e. The summed E-state index contributed by atoms with van der Waals surface area (Å²) in [5.74, 6) is 0. The molecule has 0 fully saturated rings. The summed E-state index contributed by atoms with van der Waals surface area (Å²) >= 11 is 0. The van der Waals surface area contributed by atoms with E-state index in [1.807, 2.05) is 0 Å². The smallest absolute Gasteiger partial charge is 0.205 e. The average Bonchev–Trinajstić information content (AvgIpc) is 2.33. The molecular formula is C16H35OSi. The maximum atomic E-state index is 6.13. The molecule has 0 aromatic heterocycles. The highest BCUT2D eigenvalue weighted by molar-refractivity contribution is 6.48. The summed E-state index contributed by atoms with van der Waals surface area (Å²) in [6.07, 6.45) is 15.6. The monoisotopic (exact) mass is 271 g/mol. The van der Waals surface area contributed by atoms with Gasteiger partial charge >= 0.3 is 0 Å². The van der Waals surface area contributed by atoms with Crippen molar-refractivity contribution < 1.29 is 4.43 Å². The zero-order valence-corrected chi connectivity index (χ0v) is 14.3. The van der Waals surface area contributed by atoms with Crippen molar-refractivity contribution in [3.05, 3.63) is 0 Å². The van der Waals surface area contributed by atoms with Gasteiger partial charge < -0.3 is 4.43 Å². The Morgan fingerprint density at radius 2 is 1.17 bits per heavy atom. The summed E-state index contributed by atoms with van der Waals surface area (Å²) in [6.45, 7) is 9.08. The van der Waals surface area contributed by atoms with Crippen LogP contribution in [0, 0.1) is 0 Å². The first-order valence-corrected chi connectivity index (χ1v) is 10.6. The van der Waals surface area contributed by atoms with E-state index in [1.165, 1.54) is 70.6 Å². The maximum Gasteiger partial charge on any atom is 0.205 e. The molecule has 0 saturated heterocycles. The lowest BCUT2D eigenvalue weighted by atomic mass is 10.0. The molecule has 0 aliphatic carbocycles. The van der Waals surface area contributed by atoms with Crippen molar-refractivity contribution in [1.82, 2.24) is 0 Å². The van der Waals surface area contributed by atoms with Gasteiger partial charge in [0.2, 0.25) is 9.04 Å². The zero-order chi connectivity index (χ0) is 13.6. The number of unbranched alkanes of at least 4 members (excludes halogenated alkanes) is 7. The Morgan fingerprint density at radius 3 is 1.72 bits per heavy atom. The minimum absolute atomic E-state index is 0.520. The van der Waals surface area contributed by atoms with E-state index >= 15 is 0 Å². The first-order chi connectivity index (χ1) is 8.70. The van der Waals surface area contributed by atoms with Gasteiger partial charge in [0.25, 0.3) is 0 Å². The second-order valence-corrected chi connectivity index (χ2v) is 7.75. The SMILES string of the molecule is CCCCCCCCC(CCCCC)O[Si](C)C. The van der Waals surface area contributed by atoms with Gasteiger partial charge in [0.05, 0.1) is 0 Å². The Morgan fingerprint density at radius 1 is 0.722 bits per heavy atom. The second-order valence-electron chi connectivity index (χ2n) is 5.70. The van der Waals surface area contributed by atoms with E-state index in [4.69, 9.17) is 4.43 Å². The van der Waals surface area contributed by atoms with Gasteiger partial charge in [-0.2, -0.15) is 0 Å². The number of rotatable bonds is 13. The maximum absolute atomic E-state index is 6.13. The highest BCUT2D eigenvalue weighted by Crippen LogP contribution is 2.16. The van der Waals surface area contributed by atoms with Crippen molar-refractivity contribution in [3.63, 3.8) is 0 Å². The van der Waals surface area contributed by atoms with Crippen molar-refractivity contribution in [2.45, 2.75) is 104 Å². The normalized spacial score (nSPS) is 13.2. The first kappa shape index (κ1) is 18.2. The molecule has 0 aliphatic heterocycles. The molecule has 1 unspecified atom stereocenters. The Balaban J connectivity index is 3.58. The molecule has 0 saturated carbocycles. The van der Waals surface area contributed by atoms with Gasteiger partial charge in [-0.05, 0) is 25.9 Å². The molecule has 1 radical (unpaired) electrons. The average molecular weight is 272 g/mol. The Kier molecular flexibility index (Phi) is 13.7. The highest BCUT2D eigenvalue weighted by atomic mass is 28.3. The molecule has 1 atom stereocenters. The van der Waals surface area contributed by atoms with Crippen molar-refractivity contribution in [2.24, 2.45) is 0 Å². The Labute approximate surface area is 117 Å². The van der Waals surface area contributed by atoms with Crippen molar-refractivity contribution in [3.8, 4) is 0 Å². The van der Waals surface area contributed by atoms with Crippen molar-refractivity contribution >= 4 is 9.04 Å². The highest BCUT2D eigenvalue weighted by Gasteiger charge is 2.11. The molecule has 0 amide bonds. The number of hydrogen-bond donors (Lipinski definition) is 0. The molecule has 0 bridgehead atoms. The van der Waals surface area contributed by atoms with Crippen LogP contribution in [0.2, 0.25) is 13.1 Å². The topological polar surface area (TPSA) is 9.23 Å². The van der Waals surface area contributed by atoms with E-state index in [0.29, 0.717) is 6.10 Å². The van der Waals surface area contributed by atoms with Crippen LogP contribution in [0.3, 0.4) is 0 Å². The van der Waals surface area contributed by atoms with Gasteiger partial charge in [-0.15, -0.1) is 0 Å². The van der Waals surface area contributed by atoms with Crippen LogP contribution < -0.4 is 0 Å². The molecule has 0 rings (SSSR count). The summed E-state index contributed by atoms with van der Waals surface area (Å²) in [4.78, 5) is 0. The molecule has 0 aromatic rings. The van der Waals surface area contributed by atoms with Crippen LogP contribution >= 0.6 is 0 Å². The minimum atomic E-state index is -0.520. The van der Waals surface area contributed by atoms with Crippen LogP contribution in [0.4, 0.5) is 0 Å². The van der Waals surface area contributed by atoms with Gasteiger partial charge in [-0.1, -0.05) is 71.6 Å². The lowest BCUT2D eigenvalue weighted by Gasteiger charge is -2.20. The summed E-state index contributed by atoms with van der Waals surface area (Å²) < 4.78 is 6.13. The van der Waals surface area contributed by atoms with Gasteiger partial charge in [-0.3, -0.25) is 0 Å².